The molecule has 1 fully saturated rings. The van der Waals surface area contributed by atoms with Crippen LogP contribution in [0.1, 0.15) is 12.0 Å². The van der Waals surface area contributed by atoms with E-state index in [0.29, 0.717) is 22.8 Å². The molecule has 24 heavy (non-hydrogen) atoms. The summed E-state index contributed by atoms with van der Waals surface area (Å²) in [4.78, 5) is 24.4. The summed E-state index contributed by atoms with van der Waals surface area (Å²) in [5, 5.41) is 5.98. The summed E-state index contributed by atoms with van der Waals surface area (Å²) in [6.07, 6.45) is 0.479. The fourth-order valence-corrected chi connectivity index (χ4v) is 2.70. The number of benzene rings is 2. The minimum Gasteiger partial charge on any atom is -0.326 e. The van der Waals surface area contributed by atoms with E-state index in [1.807, 2.05) is 13.0 Å². The van der Waals surface area contributed by atoms with Crippen LogP contribution in [0.3, 0.4) is 0 Å². The molecule has 2 atom stereocenters. The zero-order chi connectivity index (χ0) is 17.3. The highest BCUT2D eigenvalue weighted by Gasteiger charge is 2.48. The Bertz CT molecular complexity index is 809. The molecule has 1 aliphatic carbocycles. The van der Waals surface area contributed by atoms with E-state index < -0.39 is 11.7 Å². The normalized spacial score (nSPS) is 18.8. The molecular formula is C18H16ClFN2O2. The molecule has 0 spiro atoms. The lowest BCUT2D eigenvalue weighted by Crippen LogP contribution is -2.21. The first-order valence-electron chi connectivity index (χ1n) is 7.57. The Morgan fingerprint density at radius 2 is 1.79 bits per heavy atom. The lowest BCUT2D eigenvalue weighted by molar-refractivity contribution is -0.122. The second-order valence-electron chi connectivity index (χ2n) is 5.90. The maximum atomic E-state index is 13.1. The summed E-state index contributed by atoms with van der Waals surface area (Å²) >= 11 is 5.93. The van der Waals surface area contributed by atoms with Crippen molar-refractivity contribution in [2.45, 2.75) is 13.3 Å². The molecule has 0 heterocycles. The molecule has 3 rings (SSSR count). The number of amides is 2. The highest BCUT2D eigenvalue weighted by molar-refractivity contribution is 6.31. The molecule has 0 radical (unpaired) electrons. The van der Waals surface area contributed by atoms with Gasteiger partial charge >= 0.3 is 0 Å². The third-order valence-corrected chi connectivity index (χ3v) is 4.25. The first kappa shape index (κ1) is 16.5. The first-order chi connectivity index (χ1) is 11.4. The van der Waals surface area contributed by atoms with E-state index >= 15 is 0 Å². The van der Waals surface area contributed by atoms with Crippen LogP contribution in [-0.4, -0.2) is 11.8 Å². The summed E-state index contributed by atoms with van der Waals surface area (Å²) in [6, 6.07) is 10.9. The van der Waals surface area contributed by atoms with Gasteiger partial charge in [-0.1, -0.05) is 23.7 Å². The van der Waals surface area contributed by atoms with Crippen molar-refractivity contribution in [3.05, 3.63) is 58.9 Å². The minimum atomic E-state index is -0.422. The SMILES string of the molecule is Cc1ccc(Cl)cc1NC(=O)C1CC1C(=O)Nc1cccc(F)c1. The van der Waals surface area contributed by atoms with Gasteiger partial charge in [0.2, 0.25) is 11.8 Å². The summed E-state index contributed by atoms with van der Waals surface area (Å²) in [6.45, 7) is 1.87. The monoisotopic (exact) mass is 346 g/mol. The van der Waals surface area contributed by atoms with Crippen LogP contribution in [0.5, 0.6) is 0 Å². The maximum Gasteiger partial charge on any atom is 0.228 e. The molecule has 2 aromatic rings. The fourth-order valence-electron chi connectivity index (χ4n) is 2.53. The summed E-state index contributed by atoms with van der Waals surface area (Å²) < 4.78 is 13.1. The van der Waals surface area contributed by atoms with Crippen LogP contribution >= 0.6 is 11.6 Å². The number of carbonyl (C=O) groups is 2. The average Bonchev–Trinajstić information content (AvgIpc) is 3.32. The van der Waals surface area contributed by atoms with Crippen molar-refractivity contribution in [2.24, 2.45) is 11.8 Å². The number of rotatable bonds is 4. The number of halogens is 2. The minimum absolute atomic E-state index is 0.209. The van der Waals surface area contributed by atoms with Gasteiger partial charge in [0.15, 0.2) is 0 Å². The van der Waals surface area contributed by atoms with E-state index in [0.717, 1.165) is 5.56 Å². The second kappa shape index (κ2) is 6.61. The highest BCUT2D eigenvalue weighted by Crippen LogP contribution is 2.40. The van der Waals surface area contributed by atoms with E-state index in [1.165, 1.54) is 18.2 Å². The van der Waals surface area contributed by atoms with Crippen molar-refractivity contribution in [3.8, 4) is 0 Å². The van der Waals surface area contributed by atoms with E-state index in [2.05, 4.69) is 10.6 Å². The molecule has 0 saturated heterocycles. The predicted octanol–water partition coefficient (Wildman–Crippen LogP) is 4.00. The standard InChI is InChI=1S/C18H16ClFN2O2/c1-10-5-6-11(19)7-16(10)22-18(24)15-9-14(15)17(23)21-13-4-2-3-12(20)8-13/h2-8,14-15H,9H2,1H3,(H,21,23)(H,22,24). The van der Waals surface area contributed by atoms with Gasteiger partial charge in [0.25, 0.3) is 0 Å². The van der Waals surface area contributed by atoms with Gasteiger partial charge in [-0.2, -0.15) is 0 Å². The highest BCUT2D eigenvalue weighted by atomic mass is 35.5. The Hall–Kier alpha value is -2.40. The fraction of sp³-hybridized carbons (Fsp3) is 0.222. The number of nitrogens with one attached hydrogen (secondary N) is 2. The van der Waals surface area contributed by atoms with Gasteiger partial charge in [-0.15, -0.1) is 0 Å². The van der Waals surface area contributed by atoms with Gasteiger partial charge in [-0.25, -0.2) is 4.39 Å². The molecule has 0 aromatic heterocycles. The van der Waals surface area contributed by atoms with Crippen molar-refractivity contribution in [2.75, 3.05) is 10.6 Å². The molecule has 1 aliphatic rings. The molecule has 2 aromatic carbocycles. The van der Waals surface area contributed by atoms with E-state index in [-0.39, 0.29) is 17.7 Å². The zero-order valence-corrected chi connectivity index (χ0v) is 13.7. The van der Waals surface area contributed by atoms with Crippen molar-refractivity contribution in [3.63, 3.8) is 0 Å². The molecule has 4 nitrogen and oxygen atoms in total. The Morgan fingerprint density at radius 1 is 1.08 bits per heavy atom. The van der Waals surface area contributed by atoms with Gasteiger partial charge in [0.05, 0.1) is 11.8 Å². The van der Waals surface area contributed by atoms with Crippen molar-refractivity contribution in [1.29, 1.82) is 0 Å². The van der Waals surface area contributed by atoms with Gasteiger partial charge in [-0.05, 0) is 49.2 Å². The van der Waals surface area contributed by atoms with Gasteiger partial charge in [0.1, 0.15) is 5.82 Å². The number of aryl methyl sites for hydroxylation is 1. The largest absolute Gasteiger partial charge is 0.326 e. The van der Waals surface area contributed by atoms with Crippen LogP contribution in [0.2, 0.25) is 5.02 Å². The van der Waals surface area contributed by atoms with Crippen LogP contribution in [0.25, 0.3) is 0 Å². The third-order valence-electron chi connectivity index (χ3n) is 4.01. The molecular weight excluding hydrogens is 331 g/mol. The van der Waals surface area contributed by atoms with Gasteiger partial charge < -0.3 is 10.6 Å². The molecule has 2 amide bonds. The van der Waals surface area contributed by atoms with Crippen LogP contribution in [0.15, 0.2) is 42.5 Å². The molecule has 1 saturated carbocycles. The van der Waals surface area contributed by atoms with Crippen LogP contribution < -0.4 is 10.6 Å². The quantitative estimate of drug-likeness (QED) is 0.879. The maximum absolute atomic E-state index is 13.1. The number of carbonyl (C=O) groups excluding carboxylic acids is 2. The van der Waals surface area contributed by atoms with E-state index in [4.69, 9.17) is 11.6 Å². The molecule has 0 bridgehead atoms. The third kappa shape index (κ3) is 3.74. The summed E-state index contributed by atoms with van der Waals surface area (Å²) in [7, 11) is 0. The molecule has 124 valence electrons. The predicted molar refractivity (Wildman–Crippen MR) is 91.4 cm³/mol. The molecule has 2 unspecified atom stereocenters. The number of hydrogen-bond acceptors (Lipinski definition) is 2. The Balaban J connectivity index is 1.59. The molecule has 0 aliphatic heterocycles. The first-order valence-corrected chi connectivity index (χ1v) is 7.95. The zero-order valence-electron chi connectivity index (χ0n) is 13.0. The van der Waals surface area contributed by atoms with Crippen LogP contribution in [0, 0.1) is 24.6 Å². The topological polar surface area (TPSA) is 58.2 Å². The lowest BCUT2D eigenvalue weighted by Gasteiger charge is -2.09. The second-order valence-corrected chi connectivity index (χ2v) is 6.33. The van der Waals surface area contributed by atoms with E-state index in [9.17, 15) is 14.0 Å². The van der Waals surface area contributed by atoms with Crippen molar-refractivity contribution >= 4 is 34.8 Å². The summed E-state index contributed by atoms with van der Waals surface area (Å²) in [5.41, 5.74) is 1.93. The Labute approximate surface area is 144 Å². The lowest BCUT2D eigenvalue weighted by atomic mass is 10.2. The number of anilines is 2. The number of hydrogen-bond donors (Lipinski definition) is 2. The average molecular weight is 347 g/mol. The summed E-state index contributed by atoms with van der Waals surface area (Å²) in [5.74, 6) is -1.68. The van der Waals surface area contributed by atoms with E-state index in [1.54, 1.807) is 18.2 Å². The Kier molecular flexibility index (Phi) is 4.53. The smallest absolute Gasteiger partial charge is 0.228 e. The van der Waals surface area contributed by atoms with Crippen LogP contribution in [0.4, 0.5) is 15.8 Å². The van der Waals surface area contributed by atoms with Crippen molar-refractivity contribution < 1.29 is 14.0 Å². The Morgan fingerprint density at radius 3 is 2.50 bits per heavy atom. The molecule has 6 heteroatoms. The molecule has 2 N–H and O–H groups in total. The van der Waals surface area contributed by atoms with Gasteiger partial charge in [-0.3, -0.25) is 9.59 Å². The van der Waals surface area contributed by atoms with Crippen molar-refractivity contribution in [1.82, 2.24) is 0 Å². The van der Waals surface area contributed by atoms with Crippen LogP contribution in [-0.2, 0) is 9.59 Å². The van der Waals surface area contributed by atoms with Gasteiger partial charge in [0, 0.05) is 16.4 Å².